The highest BCUT2D eigenvalue weighted by Gasteiger charge is 2.25. The minimum atomic E-state index is 0.335. The standard InChI is InChI=1S/C14H27N3O/c1-16-9-3-4-13(16)11-17(2)14(18)10-12-5-7-15-8-6-12/h12-13,15H,3-11H2,1-2H3. The van der Waals surface area contributed by atoms with Crippen LogP contribution in [-0.4, -0.2) is 62.0 Å². The van der Waals surface area contributed by atoms with E-state index in [0.717, 1.165) is 38.9 Å². The molecule has 0 bridgehead atoms. The number of amides is 1. The number of rotatable bonds is 4. The van der Waals surface area contributed by atoms with Crippen LogP contribution in [0.2, 0.25) is 0 Å². The molecule has 2 fully saturated rings. The fourth-order valence-corrected chi connectivity index (χ4v) is 3.12. The lowest BCUT2D eigenvalue weighted by molar-refractivity contribution is -0.131. The van der Waals surface area contributed by atoms with Crippen molar-refractivity contribution >= 4 is 5.91 Å². The van der Waals surface area contributed by atoms with E-state index >= 15 is 0 Å². The van der Waals surface area contributed by atoms with Gasteiger partial charge in [-0.05, 0) is 58.3 Å². The maximum absolute atomic E-state index is 12.2. The van der Waals surface area contributed by atoms with Crippen LogP contribution >= 0.6 is 0 Å². The highest BCUT2D eigenvalue weighted by atomic mass is 16.2. The molecular weight excluding hydrogens is 226 g/mol. The van der Waals surface area contributed by atoms with Gasteiger partial charge in [0.25, 0.3) is 0 Å². The molecule has 0 radical (unpaired) electrons. The molecule has 2 aliphatic rings. The molecule has 1 N–H and O–H groups in total. The highest BCUT2D eigenvalue weighted by Crippen LogP contribution is 2.19. The van der Waals surface area contributed by atoms with Crippen LogP contribution in [0.1, 0.15) is 32.1 Å². The molecule has 0 saturated carbocycles. The van der Waals surface area contributed by atoms with Crippen molar-refractivity contribution in [1.29, 1.82) is 0 Å². The van der Waals surface area contributed by atoms with Crippen LogP contribution in [0.5, 0.6) is 0 Å². The molecule has 0 aromatic heterocycles. The third-order valence-corrected chi connectivity index (χ3v) is 4.50. The Morgan fingerprint density at radius 2 is 2.06 bits per heavy atom. The maximum atomic E-state index is 12.2. The lowest BCUT2D eigenvalue weighted by Gasteiger charge is -2.28. The minimum Gasteiger partial charge on any atom is -0.344 e. The summed E-state index contributed by atoms with van der Waals surface area (Å²) in [5.41, 5.74) is 0. The third kappa shape index (κ3) is 3.69. The Balaban J connectivity index is 1.73. The van der Waals surface area contributed by atoms with Crippen molar-refractivity contribution in [3.05, 3.63) is 0 Å². The number of carbonyl (C=O) groups is 1. The average molecular weight is 253 g/mol. The van der Waals surface area contributed by atoms with Crippen LogP contribution < -0.4 is 5.32 Å². The molecule has 2 rings (SSSR count). The molecule has 104 valence electrons. The van der Waals surface area contributed by atoms with E-state index in [1.807, 2.05) is 11.9 Å². The van der Waals surface area contributed by atoms with Gasteiger partial charge in [-0.2, -0.15) is 0 Å². The Morgan fingerprint density at radius 1 is 1.33 bits per heavy atom. The monoisotopic (exact) mass is 253 g/mol. The fourth-order valence-electron chi connectivity index (χ4n) is 3.12. The zero-order valence-corrected chi connectivity index (χ0v) is 11.8. The van der Waals surface area contributed by atoms with Crippen molar-refractivity contribution in [2.45, 2.75) is 38.1 Å². The first-order valence-electron chi connectivity index (χ1n) is 7.31. The SMILES string of the molecule is CN(CC1CCCN1C)C(=O)CC1CCNCC1. The van der Waals surface area contributed by atoms with Crippen LogP contribution in [0.3, 0.4) is 0 Å². The Kier molecular flexibility index (Phi) is 5.01. The van der Waals surface area contributed by atoms with E-state index < -0.39 is 0 Å². The number of likely N-dealkylation sites (N-methyl/N-ethyl adjacent to an activating group) is 2. The largest absolute Gasteiger partial charge is 0.344 e. The van der Waals surface area contributed by atoms with E-state index in [1.165, 1.54) is 19.4 Å². The summed E-state index contributed by atoms with van der Waals surface area (Å²) in [6.45, 7) is 4.24. The second kappa shape index (κ2) is 6.53. The molecule has 4 heteroatoms. The number of hydrogen-bond acceptors (Lipinski definition) is 3. The summed E-state index contributed by atoms with van der Waals surface area (Å²) in [5.74, 6) is 0.935. The number of carbonyl (C=O) groups excluding carboxylic acids is 1. The molecule has 0 aromatic carbocycles. The van der Waals surface area contributed by atoms with E-state index in [4.69, 9.17) is 0 Å². The third-order valence-electron chi connectivity index (χ3n) is 4.50. The molecule has 2 saturated heterocycles. The Bertz CT molecular complexity index is 276. The lowest BCUT2D eigenvalue weighted by Crippen LogP contribution is -2.40. The second-order valence-corrected chi connectivity index (χ2v) is 5.95. The molecule has 18 heavy (non-hydrogen) atoms. The van der Waals surface area contributed by atoms with Crippen LogP contribution in [-0.2, 0) is 4.79 Å². The van der Waals surface area contributed by atoms with Crippen molar-refractivity contribution in [3.8, 4) is 0 Å². The molecule has 0 aliphatic carbocycles. The Labute approximate surface area is 111 Å². The molecule has 2 heterocycles. The molecule has 1 amide bonds. The van der Waals surface area contributed by atoms with Gasteiger partial charge in [0.2, 0.25) is 5.91 Å². The number of nitrogens with zero attached hydrogens (tertiary/aromatic N) is 2. The van der Waals surface area contributed by atoms with Gasteiger partial charge in [0, 0.05) is 26.1 Å². The van der Waals surface area contributed by atoms with Gasteiger partial charge in [-0.3, -0.25) is 4.79 Å². The van der Waals surface area contributed by atoms with Gasteiger partial charge in [-0.25, -0.2) is 0 Å². The smallest absolute Gasteiger partial charge is 0.222 e. The van der Waals surface area contributed by atoms with Gasteiger partial charge in [0.15, 0.2) is 0 Å². The highest BCUT2D eigenvalue weighted by molar-refractivity contribution is 5.76. The average Bonchev–Trinajstić information content (AvgIpc) is 2.76. The second-order valence-electron chi connectivity index (χ2n) is 5.95. The van der Waals surface area contributed by atoms with Gasteiger partial charge in [0.05, 0.1) is 0 Å². The normalized spacial score (nSPS) is 26.4. The van der Waals surface area contributed by atoms with Crippen molar-refractivity contribution in [3.63, 3.8) is 0 Å². The number of likely N-dealkylation sites (tertiary alicyclic amines) is 1. The number of piperidine rings is 1. The van der Waals surface area contributed by atoms with E-state index in [-0.39, 0.29) is 0 Å². The zero-order chi connectivity index (χ0) is 13.0. The first kappa shape index (κ1) is 13.8. The molecule has 2 aliphatic heterocycles. The minimum absolute atomic E-state index is 0.335. The van der Waals surface area contributed by atoms with Crippen molar-refractivity contribution in [2.24, 2.45) is 5.92 Å². The first-order valence-corrected chi connectivity index (χ1v) is 7.31. The van der Waals surface area contributed by atoms with Crippen molar-refractivity contribution in [2.75, 3.05) is 40.3 Å². The topological polar surface area (TPSA) is 35.6 Å². The summed E-state index contributed by atoms with van der Waals surface area (Å²) >= 11 is 0. The summed E-state index contributed by atoms with van der Waals surface area (Å²) < 4.78 is 0. The van der Waals surface area contributed by atoms with Crippen LogP contribution in [0, 0.1) is 5.92 Å². The molecular formula is C14H27N3O. The molecule has 0 aromatic rings. The van der Waals surface area contributed by atoms with Gasteiger partial charge in [-0.15, -0.1) is 0 Å². The Hall–Kier alpha value is -0.610. The molecule has 0 spiro atoms. The molecule has 4 nitrogen and oxygen atoms in total. The summed E-state index contributed by atoms with van der Waals surface area (Å²) in [7, 11) is 4.14. The van der Waals surface area contributed by atoms with Crippen LogP contribution in [0.15, 0.2) is 0 Å². The van der Waals surface area contributed by atoms with E-state index in [9.17, 15) is 4.79 Å². The summed E-state index contributed by atoms with van der Waals surface area (Å²) in [4.78, 5) is 16.5. The first-order chi connectivity index (χ1) is 8.66. The van der Waals surface area contributed by atoms with E-state index in [0.29, 0.717) is 17.9 Å². The van der Waals surface area contributed by atoms with Crippen LogP contribution in [0.4, 0.5) is 0 Å². The Morgan fingerprint density at radius 3 is 2.67 bits per heavy atom. The molecule has 1 unspecified atom stereocenters. The van der Waals surface area contributed by atoms with Gasteiger partial charge in [-0.1, -0.05) is 0 Å². The molecule has 1 atom stereocenters. The van der Waals surface area contributed by atoms with Gasteiger partial charge >= 0.3 is 0 Å². The zero-order valence-electron chi connectivity index (χ0n) is 11.8. The quantitative estimate of drug-likeness (QED) is 0.809. The fraction of sp³-hybridized carbons (Fsp3) is 0.929. The summed E-state index contributed by atoms with van der Waals surface area (Å²) in [5, 5.41) is 3.35. The van der Waals surface area contributed by atoms with Crippen molar-refractivity contribution < 1.29 is 4.79 Å². The van der Waals surface area contributed by atoms with Crippen molar-refractivity contribution in [1.82, 2.24) is 15.1 Å². The summed E-state index contributed by atoms with van der Waals surface area (Å²) in [6.07, 6.45) is 5.57. The van der Waals surface area contributed by atoms with Gasteiger partial charge < -0.3 is 15.1 Å². The summed E-state index contributed by atoms with van der Waals surface area (Å²) in [6, 6.07) is 0.576. The maximum Gasteiger partial charge on any atom is 0.222 e. The predicted molar refractivity (Wildman–Crippen MR) is 73.5 cm³/mol. The number of hydrogen-bond donors (Lipinski definition) is 1. The van der Waals surface area contributed by atoms with E-state index in [2.05, 4.69) is 17.3 Å². The van der Waals surface area contributed by atoms with E-state index in [1.54, 1.807) is 0 Å². The number of nitrogens with one attached hydrogen (secondary N) is 1. The predicted octanol–water partition coefficient (Wildman–Crippen LogP) is 0.929. The van der Waals surface area contributed by atoms with Gasteiger partial charge in [0.1, 0.15) is 0 Å². The van der Waals surface area contributed by atoms with Crippen LogP contribution in [0.25, 0.3) is 0 Å². The lowest BCUT2D eigenvalue weighted by atomic mass is 9.94.